The molecule has 0 fully saturated rings. The predicted octanol–water partition coefficient (Wildman–Crippen LogP) is 2.34. The van der Waals surface area contributed by atoms with Crippen LogP contribution in [0.25, 0.3) is 0 Å². The number of hydrogen-bond donors (Lipinski definition) is 3. The summed E-state index contributed by atoms with van der Waals surface area (Å²) in [5.74, 6) is -1.29. The normalized spacial score (nSPS) is 15.3. The summed E-state index contributed by atoms with van der Waals surface area (Å²) >= 11 is 0. The first-order valence-electron chi connectivity index (χ1n) is 10.7. The molecular weight excluding hydrogens is 422 g/mol. The fourth-order valence-corrected chi connectivity index (χ4v) is 3.65. The molecule has 4 N–H and O–H groups in total. The highest BCUT2D eigenvalue weighted by atomic mass is 16.5. The van der Waals surface area contributed by atoms with Crippen molar-refractivity contribution in [1.29, 1.82) is 0 Å². The van der Waals surface area contributed by atoms with Gasteiger partial charge in [0.15, 0.2) is 0 Å². The zero-order chi connectivity index (χ0) is 24.1. The van der Waals surface area contributed by atoms with Gasteiger partial charge in [0, 0.05) is 19.0 Å². The van der Waals surface area contributed by atoms with Crippen LogP contribution in [0.1, 0.15) is 41.8 Å². The minimum Gasteiger partial charge on any atom is -0.464 e. The number of carbonyl (C=O) groups excluding carboxylic acids is 3. The van der Waals surface area contributed by atoms with E-state index >= 15 is 0 Å². The Morgan fingerprint density at radius 1 is 1.18 bits per heavy atom. The van der Waals surface area contributed by atoms with E-state index in [1.54, 1.807) is 18.2 Å². The third kappa shape index (κ3) is 5.20. The molecule has 0 radical (unpaired) electrons. The lowest BCUT2D eigenvalue weighted by Gasteiger charge is -2.25. The highest BCUT2D eigenvalue weighted by molar-refractivity contribution is 6.38. The van der Waals surface area contributed by atoms with Crippen LogP contribution in [0, 0.1) is 6.92 Å². The molecule has 33 heavy (non-hydrogen) atoms. The van der Waals surface area contributed by atoms with Gasteiger partial charge in [-0.2, -0.15) is 5.10 Å². The maximum Gasteiger partial charge on any atom is 0.354 e. The maximum atomic E-state index is 13.5. The molecule has 1 atom stereocenters. The van der Waals surface area contributed by atoms with Gasteiger partial charge in [-0.15, -0.1) is 0 Å². The van der Waals surface area contributed by atoms with Gasteiger partial charge in [0.25, 0.3) is 5.91 Å². The maximum absolute atomic E-state index is 13.5. The third-order valence-electron chi connectivity index (χ3n) is 5.28. The number of nitrogens with zero attached hydrogens (tertiary/aromatic N) is 2. The number of methoxy groups -OCH3 is 1. The first kappa shape index (κ1) is 23.9. The molecule has 1 aliphatic heterocycles. The Bertz CT molecular complexity index is 1100. The Hall–Kier alpha value is -3.72. The van der Waals surface area contributed by atoms with Crippen molar-refractivity contribution in [3.63, 3.8) is 0 Å². The molecule has 1 aliphatic rings. The summed E-state index contributed by atoms with van der Waals surface area (Å²) in [4.78, 5) is 38.4. The smallest absolute Gasteiger partial charge is 0.354 e. The van der Waals surface area contributed by atoms with Crippen LogP contribution in [-0.2, 0) is 20.9 Å². The van der Waals surface area contributed by atoms with Gasteiger partial charge in [-0.05, 0) is 44.0 Å². The Morgan fingerprint density at radius 3 is 2.58 bits per heavy atom. The summed E-state index contributed by atoms with van der Waals surface area (Å²) in [6.45, 7) is 5.78. The molecule has 1 unspecified atom stereocenters. The highest BCUT2D eigenvalue weighted by Crippen LogP contribution is 2.30. The van der Waals surface area contributed by atoms with Gasteiger partial charge in [-0.3, -0.25) is 14.6 Å². The van der Waals surface area contributed by atoms with Gasteiger partial charge in [-0.25, -0.2) is 4.79 Å². The number of anilines is 2. The van der Waals surface area contributed by atoms with Gasteiger partial charge in [0.2, 0.25) is 5.91 Å². The molecule has 0 spiro atoms. The third-order valence-corrected chi connectivity index (χ3v) is 5.28. The van der Waals surface area contributed by atoms with Gasteiger partial charge < -0.3 is 21.1 Å². The number of amides is 2. The number of ether oxygens (including phenoxy) is 1. The van der Waals surface area contributed by atoms with Gasteiger partial charge in [0.05, 0.1) is 24.0 Å². The molecular formula is C24H29N5O4. The Labute approximate surface area is 193 Å². The lowest BCUT2D eigenvalue weighted by atomic mass is 10.0. The second kappa shape index (κ2) is 10.3. The molecule has 2 amide bonds. The van der Waals surface area contributed by atoms with Crippen LogP contribution in [0.3, 0.4) is 0 Å². The number of aryl methyl sites for hydroxylation is 1. The summed E-state index contributed by atoms with van der Waals surface area (Å²) < 4.78 is 4.82. The Balaban J connectivity index is 1.96. The second-order valence-corrected chi connectivity index (χ2v) is 8.05. The molecule has 0 saturated carbocycles. The zero-order valence-electron chi connectivity index (χ0n) is 19.2. The van der Waals surface area contributed by atoms with Crippen LogP contribution < -0.4 is 21.4 Å². The number of carbonyl (C=O) groups is 3. The van der Waals surface area contributed by atoms with Crippen molar-refractivity contribution in [1.82, 2.24) is 5.32 Å². The van der Waals surface area contributed by atoms with Crippen molar-refractivity contribution in [2.75, 3.05) is 17.4 Å². The van der Waals surface area contributed by atoms with Gasteiger partial charge >= 0.3 is 5.97 Å². The van der Waals surface area contributed by atoms with E-state index in [1.165, 1.54) is 12.1 Å². The van der Waals surface area contributed by atoms with E-state index < -0.39 is 17.9 Å². The molecule has 174 valence electrons. The van der Waals surface area contributed by atoms with E-state index in [0.717, 1.165) is 11.1 Å². The van der Waals surface area contributed by atoms with E-state index in [1.807, 2.05) is 45.0 Å². The number of rotatable bonds is 7. The van der Waals surface area contributed by atoms with E-state index in [4.69, 9.17) is 10.5 Å². The molecule has 0 saturated heterocycles. The quantitative estimate of drug-likeness (QED) is 0.555. The molecule has 9 nitrogen and oxygen atoms in total. The van der Waals surface area contributed by atoms with Crippen molar-refractivity contribution >= 4 is 34.9 Å². The summed E-state index contributed by atoms with van der Waals surface area (Å²) in [6.07, 6.45) is 0.0524. The van der Waals surface area contributed by atoms with Crippen molar-refractivity contribution < 1.29 is 19.1 Å². The highest BCUT2D eigenvalue weighted by Gasteiger charge is 2.38. The summed E-state index contributed by atoms with van der Waals surface area (Å²) in [5.41, 5.74) is 8.93. The first-order valence-corrected chi connectivity index (χ1v) is 10.7. The topological polar surface area (TPSA) is 126 Å². The molecule has 2 aromatic rings. The lowest BCUT2D eigenvalue weighted by Crippen LogP contribution is -2.40. The van der Waals surface area contributed by atoms with Crippen LogP contribution >= 0.6 is 0 Å². The van der Waals surface area contributed by atoms with Gasteiger partial charge in [-0.1, -0.05) is 30.3 Å². The standard InChI is InChI=1S/C24H29N5O4/c1-14(2)26-22(30)17-10-7-8-15(3)21(17)27-23(31)20-12-18(24(32)33-4)28-29(20)19-11-6-5-9-16(19)13-25/h5-11,14,20H,12-13,25H2,1-4H3,(H,26,30)(H,27,31). The Kier molecular flexibility index (Phi) is 7.44. The average Bonchev–Trinajstić information content (AvgIpc) is 3.24. The van der Waals surface area contributed by atoms with Crippen molar-refractivity contribution in [3.05, 3.63) is 59.2 Å². The molecule has 1 heterocycles. The van der Waals surface area contributed by atoms with Crippen LogP contribution in [0.4, 0.5) is 11.4 Å². The van der Waals surface area contributed by atoms with E-state index in [0.29, 0.717) is 16.9 Å². The van der Waals surface area contributed by atoms with Crippen LogP contribution in [0.5, 0.6) is 0 Å². The van der Waals surface area contributed by atoms with Crippen LogP contribution in [0.2, 0.25) is 0 Å². The number of hydrogen-bond acceptors (Lipinski definition) is 7. The number of esters is 1. The summed E-state index contributed by atoms with van der Waals surface area (Å²) in [6, 6.07) is 11.6. The summed E-state index contributed by atoms with van der Waals surface area (Å²) in [7, 11) is 1.27. The first-order chi connectivity index (χ1) is 15.8. The number of nitrogens with two attached hydrogens (primary N) is 1. The van der Waals surface area contributed by atoms with E-state index in [9.17, 15) is 14.4 Å². The fourth-order valence-electron chi connectivity index (χ4n) is 3.65. The largest absolute Gasteiger partial charge is 0.464 e. The molecule has 0 aliphatic carbocycles. The van der Waals surface area contributed by atoms with E-state index in [2.05, 4.69) is 15.7 Å². The van der Waals surface area contributed by atoms with Crippen LogP contribution in [-0.4, -0.2) is 42.7 Å². The average molecular weight is 452 g/mol. The van der Waals surface area contributed by atoms with E-state index in [-0.39, 0.29) is 30.6 Å². The molecule has 3 rings (SSSR count). The fraction of sp³-hybridized carbons (Fsp3) is 0.333. The number of hydrazone groups is 1. The minimum absolute atomic E-state index is 0.0524. The monoisotopic (exact) mass is 451 g/mol. The summed E-state index contributed by atoms with van der Waals surface area (Å²) in [5, 5.41) is 11.6. The van der Waals surface area contributed by atoms with Crippen molar-refractivity contribution in [2.45, 2.75) is 45.8 Å². The molecule has 0 bridgehead atoms. The minimum atomic E-state index is -0.826. The van der Waals surface area contributed by atoms with Crippen molar-refractivity contribution in [3.8, 4) is 0 Å². The molecule has 2 aromatic carbocycles. The predicted molar refractivity (Wildman–Crippen MR) is 127 cm³/mol. The number of nitrogens with one attached hydrogen (secondary N) is 2. The van der Waals surface area contributed by atoms with Gasteiger partial charge in [0.1, 0.15) is 11.8 Å². The number of para-hydroxylation sites is 2. The van der Waals surface area contributed by atoms with Crippen molar-refractivity contribution in [2.24, 2.45) is 10.8 Å². The zero-order valence-corrected chi connectivity index (χ0v) is 19.2. The lowest BCUT2D eigenvalue weighted by molar-refractivity contribution is -0.132. The second-order valence-electron chi connectivity index (χ2n) is 8.05. The Morgan fingerprint density at radius 2 is 1.91 bits per heavy atom. The SMILES string of the molecule is COC(=O)C1=NN(c2ccccc2CN)C(C(=O)Nc2c(C)cccc2C(=O)NC(C)C)C1. The van der Waals surface area contributed by atoms with Crippen LogP contribution in [0.15, 0.2) is 47.6 Å². The molecule has 9 heteroatoms. The molecule has 0 aromatic heterocycles. The number of benzene rings is 2.